The second-order valence-corrected chi connectivity index (χ2v) is 7.82. The van der Waals surface area contributed by atoms with Gasteiger partial charge in [-0.25, -0.2) is 13.8 Å². The summed E-state index contributed by atoms with van der Waals surface area (Å²) in [6.07, 6.45) is 3.61. The zero-order valence-electron chi connectivity index (χ0n) is 16.5. The molecule has 0 unspecified atom stereocenters. The molecule has 0 spiro atoms. The Morgan fingerprint density at radius 2 is 2.14 bits per heavy atom. The van der Waals surface area contributed by atoms with Crippen molar-refractivity contribution in [3.63, 3.8) is 0 Å². The third-order valence-electron chi connectivity index (χ3n) is 4.91. The first-order valence-electron chi connectivity index (χ1n) is 9.33. The van der Waals surface area contributed by atoms with Crippen molar-refractivity contribution in [1.82, 2.24) is 25.0 Å². The normalized spacial score (nSPS) is 14.3. The molecule has 0 radical (unpaired) electrons. The summed E-state index contributed by atoms with van der Waals surface area (Å²) in [7, 11) is 1.91. The van der Waals surface area contributed by atoms with Crippen LogP contribution in [-0.2, 0) is 26.6 Å². The largest absolute Gasteiger partial charge is 0.356 e. The molecule has 0 saturated heterocycles. The average molecular weight is 409 g/mol. The van der Waals surface area contributed by atoms with Gasteiger partial charge in [0.1, 0.15) is 24.0 Å². The molecule has 1 aromatic carbocycles. The van der Waals surface area contributed by atoms with E-state index in [0.717, 1.165) is 42.4 Å². The van der Waals surface area contributed by atoms with E-state index in [-0.39, 0.29) is 0 Å². The smallest absolute Gasteiger partial charge is 0.194 e. The van der Waals surface area contributed by atoms with Crippen molar-refractivity contribution in [1.29, 1.82) is 0 Å². The SMILES string of the molecule is CSCCCNC(=NCc1nnc(C)n1C)N1CCc2c(F)cc(F)cc2C1. The fourth-order valence-corrected chi connectivity index (χ4v) is 3.64. The van der Waals surface area contributed by atoms with Crippen LogP contribution < -0.4 is 5.32 Å². The average Bonchev–Trinajstić information content (AvgIpc) is 2.99. The highest BCUT2D eigenvalue weighted by atomic mass is 32.2. The fourth-order valence-electron chi connectivity index (χ4n) is 3.21. The van der Waals surface area contributed by atoms with E-state index in [0.29, 0.717) is 37.2 Å². The lowest BCUT2D eigenvalue weighted by Crippen LogP contribution is -2.44. The summed E-state index contributed by atoms with van der Waals surface area (Å²) in [5, 5.41) is 11.6. The maximum Gasteiger partial charge on any atom is 0.194 e. The quantitative estimate of drug-likeness (QED) is 0.452. The van der Waals surface area contributed by atoms with Crippen LogP contribution in [0.15, 0.2) is 17.1 Å². The van der Waals surface area contributed by atoms with Crippen LogP contribution in [0.25, 0.3) is 0 Å². The molecule has 0 atom stereocenters. The van der Waals surface area contributed by atoms with Gasteiger partial charge in [0.2, 0.25) is 0 Å². The number of benzene rings is 1. The fraction of sp³-hybridized carbons (Fsp3) is 0.526. The highest BCUT2D eigenvalue weighted by molar-refractivity contribution is 7.98. The number of fused-ring (bicyclic) bond motifs is 1. The van der Waals surface area contributed by atoms with Crippen LogP contribution in [0.2, 0.25) is 0 Å². The molecule has 0 saturated carbocycles. The second kappa shape index (κ2) is 9.36. The third-order valence-corrected chi connectivity index (χ3v) is 5.60. The number of aliphatic imine (C=N–C) groups is 1. The third kappa shape index (κ3) is 4.81. The molecule has 1 N–H and O–H groups in total. The zero-order chi connectivity index (χ0) is 20.1. The first-order valence-corrected chi connectivity index (χ1v) is 10.7. The Balaban J connectivity index is 1.78. The maximum atomic E-state index is 14.0. The Labute approximate surface area is 168 Å². The van der Waals surface area contributed by atoms with Crippen LogP contribution in [0.5, 0.6) is 0 Å². The summed E-state index contributed by atoms with van der Waals surface area (Å²) in [4.78, 5) is 6.77. The van der Waals surface area contributed by atoms with Crippen LogP contribution >= 0.6 is 11.8 Å². The molecule has 1 aromatic heterocycles. The van der Waals surface area contributed by atoms with Crippen molar-refractivity contribution < 1.29 is 8.78 Å². The van der Waals surface area contributed by atoms with E-state index in [1.807, 2.05) is 23.4 Å². The molecule has 3 rings (SSSR count). The molecule has 0 bridgehead atoms. The second-order valence-electron chi connectivity index (χ2n) is 6.83. The molecule has 1 aliphatic heterocycles. The minimum Gasteiger partial charge on any atom is -0.356 e. The summed E-state index contributed by atoms with van der Waals surface area (Å²) in [6, 6.07) is 2.38. The molecule has 152 valence electrons. The Bertz CT molecular complexity index is 851. The number of halogens is 2. The van der Waals surface area contributed by atoms with E-state index in [4.69, 9.17) is 4.99 Å². The number of hydrogen-bond donors (Lipinski definition) is 1. The van der Waals surface area contributed by atoms with Crippen LogP contribution in [0, 0.1) is 18.6 Å². The van der Waals surface area contributed by atoms with Crippen LogP contribution in [0.1, 0.15) is 29.2 Å². The number of thioether (sulfide) groups is 1. The van der Waals surface area contributed by atoms with Gasteiger partial charge in [0, 0.05) is 32.7 Å². The van der Waals surface area contributed by atoms with Gasteiger partial charge in [0.15, 0.2) is 11.8 Å². The minimum atomic E-state index is -0.543. The Kier molecular flexibility index (Phi) is 6.88. The van der Waals surface area contributed by atoms with Crippen molar-refractivity contribution in [2.75, 3.05) is 25.1 Å². The summed E-state index contributed by atoms with van der Waals surface area (Å²) < 4.78 is 29.6. The van der Waals surface area contributed by atoms with Gasteiger partial charge in [0.05, 0.1) is 0 Å². The van der Waals surface area contributed by atoms with Crippen LogP contribution in [-0.4, -0.2) is 50.7 Å². The molecule has 6 nitrogen and oxygen atoms in total. The molecule has 0 amide bonds. The highest BCUT2D eigenvalue weighted by Gasteiger charge is 2.22. The Morgan fingerprint density at radius 1 is 1.32 bits per heavy atom. The van der Waals surface area contributed by atoms with Gasteiger partial charge in [-0.05, 0) is 49.0 Å². The van der Waals surface area contributed by atoms with Crippen molar-refractivity contribution >= 4 is 17.7 Å². The van der Waals surface area contributed by atoms with Crippen molar-refractivity contribution in [3.8, 4) is 0 Å². The monoisotopic (exact) mass is 408 g/mol. The lowest BCUT2D eigenvalue weighted by molar-refractivity contribution is 0.369. The van der Waals surface area contributed by atoms with E-state index < -0.39 is 11.6 Å². The van der Waals surface area contributed by atoms with E-state index in [1.54, 1.807) is 11.8 Å². The van der Waals surface area contributed by atoms with Crippen molar-refractivity contribution in [2.45, 2.75) is 32.9 Å². The van der Waals surface area contributed by atoms with E-state index in [2.05, 4.69) is 21.8 Å². The predicted octanol–water partition coefficient (Wildman–Crippen LogP) is 2.66. The van der Waals surface area contributed by atoms with E-state index >= 15 is 0 Å². The number of rotatable bonds is 6. The van der Waals surface area contributed by atoms with Gasteiger partial charge in [-0.1, -0.05) is 0 Å². The summed E-state index contributed by atoms with van der Waals surface area (Å²) >= 11 is 1.80. The number of nitrogens with zero attached hydrogens (tertiary/aromatic N) is 5. The number of guanidine groups is 1. The van der Waals surface area contributed by atoms with Gasteiger partial charge in [-0.3, -0.25) is 0 Å². The van der Waals surface area contributed by atoms with E-state index in [1.165, 1.54) is 6.07 Å². The molecule has 9 heteroatoms. The lowest BCUT2D eigenvalue weighted by Gasteiger charge is -2.32. The molecule has 0 fully saturated rings. The maximum absolute atomic E-state index is 14.0. The van der Waals surface area contributed by atoms with Gasteiger partial charge in [0.25, 0.3) is 0 Å². The summed E-state index contributed by atoms with van der Waals surface area (Å²) in [5.41, 5.74) is 1.28. The number of aryl methyl sites for hydroxylation is 1. The number of hydrogen-bond acceptors (Lipinski definition) is 4. The standard InChI is InChI=1S/C19H26F2N6S/c1-13-24-25-18(26(13)2)11-23-19(22-6-4-8-28-3)27-7-5-16-14(12-27)9-15(20)10-17(16)21/h9-10H,4-8,11-12H2,1-3H3,(H,22,23). The molecule has 0 aliphatic carbocycles. The molecule has 2 aromatic rings. The first kappa shape index (κ1) is 20.6. The Morgan fingerprint density at radius 3 is 2.86 bits per heavy atom. The first-order chi connectivity index (χ1) is 13.5. The minimum absolute atomic E-state index is 0.392. The topological polar surface area (TPSA) is 58.3 Å². The van der Waals surface area contributed by atoms with Crippen molar-refractivity contribution in [2.24, 2.45) is 12.0 Å². The van der Waals surface area contributed by atoms with Gasteiger partial charge in [-0.2, -0.15) is 11.8 Å². The predicted molar refractivity (Wildman–Crippen MR) is 108 cm³/mol. The molecule has 28 heavy (non-hydrogen) atoms. The zero-order valence-corrected chi connectivity index (χ0v) is 17.3. The van der Waals surface area contributed by atoms with Crippen LogP contribution in [0.3, 0.4) is 0 Å². The highest BCUT2D eigenvalue weighted by Crippen LogP contribution is 2.23. The van der Waals surface area contributed by atoms with Gasteiger partial charge < -0.3 is 14.8 Å². The molecule has 1 aliphatic rings. The molecular formula is C19H26F2N6S. The number of aromatic nitrogens is 3. The molecular weight excluding hydrogens is 382 g/mol. The van der Waals surface area contributed by atoms with Gasteiger partial charge in [-0.15, -0.1) is 10.2 Å². The lowest BCUT2D eigenvalue weighted by atomic mass is 9.99. The van der Waals surface area contributed by atoms with Crippen molar-refractivity contribution in [3.05, 3.63) is 46.5 Å². The number of nitrogens with one attached hydrogen (secondary N) is 1. The van der Waals surface area contributed by atoms with Crippen LogP contribution in [0.4, 0.5) is 8.78 Å². The van der Waals surface area contributed by atoms with E-state index in [9.17, 15) is 8.78 Å². The van der Waals surface area contributed by atoms with Gasteiger partial charge >= 0.3 is 0 Å². The summed E-state index contributed by atoms with van der Waals surface area (Å²) in [5.74, 6) is 2.39. The Hall–Kier alpha value is -2.16. The summed E-state index contributed by atoms with van der Waals surface area (Å²) in [6.45, 7) is 4.13. The molecule has 2 heterocycles.